The molecule has 4 heteroatoms. The third kappa shape index (κ3) is 3.05. The Morgan fingerprint density at radius 2 is 1.71 bits per heavy atom. The van der Waals surface area contributed by atoms with Crippen molar-refractivity contribution in [2.45, 2.75) is 13.0 Å². The number of anilines is 1. The first kappa shape index (κ1) is 14.0. The number of benzene rings is 1. The summed E-state index contributed by atoms with van der Waals surface area (Å²) in [5.74, 6) is 0.910. The standard InChI is InChI=1S/C17H20FN3/c1-14(15-6-2-3-7-16(15)18)20-10-12-21(13-11-20)17-8-4-5-9-19-17/h2-9,14H,10-13H2,1H3/t14-/m0/s1. The zero-order chi connectivity index (χ0) is 14.7. The maximum atomic E-state index is 13.9. The summed E-state index contributed by atoms with van der Waals surface area (Å²) in [6.07, 6.45) is 1.82. The number of pyridine rings is 1. The molecule has 0 N–H and O–H groups in total. The zero-order valence-electron chi connectivity index (χ0n) is 12.2. The van der Waals surface area contributed by atoms with E-state index in [0.717, 1.165) is 37.6 Å². The van der Waals surface area contributed by atoms with Crippen LogP contribution in [0.5, 0.6) is 0 Å². The lowest BCUT2D eigenvalue weighted by atomic mass is 10.1. The van der Waals surface area contributed by atoms with Crippen LogP contribution in [0.3, 0.4) is 0 Å². The van der Waals surface area contributed by atoms with Crippen LogP contribution in [-0.4, -0.2) is 36.1 Å². The molecule has 1 saturated heterocycles. The summed E-state index contributed by atoms with van der Waals surface area (Å²) in [4.78, 5) is 9.01. The Hall–Kier alpha value is -1.94. The highest BCUT2D eigenvalue weighted by Crippen LogP contribution is 2.24. The van der Waals surface area contributed by atoms with E-state index >= 15 is 0 Å². The largest absolute Gasteiger partial charge is 0.354 e. The molecule has 110 valence electrons. The second-order valence-electron chi connectivity index (χ2n) is 5.41. The molecule has 0 spiro atoms. The van der Waals surface area contributed by atoms with Crippen molar-refractivity contribution in [1.29, 1.82) is 0 Å². The number of rotatable bonds is 3. The Labute approximate surface area is 125 Å². The Kier molecular flexibility index (Phi) is 4.15. The van der Waals surface area contributed by atoms with Crippen LogP contribution in [0.1, 0.15) is 18.5 Å². The molecule has 0 saturated carbocycles. The SMILES string of the molecule is C[C@@H](c1ccccc1F)N1CCN(c2ccccn2)CC1. The van der Waals surface area contributed by atoms with Crippen molar-refractivity contribution in [1.82, 2.24) is 9.88 Å². The molecule has 0 amide bonds. The molecule has 0 bridgehead atoms. The van der Waals surface area contributed by atoms with Gasteiger partial charge in [-0.05, 0) is 25.1 Å². The summed E-state index contributed by atoms with van der Waals surface area (Å²) in [5.41, 5.74) is 0.781. The molecule has 1 aliphatic rings. The van der Waals surface area contributed by atoms with Crippen molar-refractivity contribution in [3.8, 4) is 0 Å². The third-order valence-corrected chi connectivity index (χ3v) is 4.19. The van der Waals surface area contributed by atoms with Crippen LogP contribution in [0.2, 0.25) is 0 Å². The normalized spacial score (nSPS) is 17.7. The highest BCUT2D eigenvalue weighted by Gasteiger charge is 2.23. The number of aromatic nitrogens is 1. The lowest BCUT2D eigenvalue weighted by Gasteiger charge is -2.38. The maximum absolute atomic E-state index is 13.9. The molecule has 21 heavy (non-hydrogen) atoms. The predicted molar refractivity (Wildman–Crippen MR) is 82.8 cm³/mol. The molecule has 2 aromatic rings. The van der Waals surface area contributed by atoms with Gasteiger partial charge in [-0.25, -0.2) is 9.37 Å². The molecular weight excluding hydrogens is 265 g/mol. The van der Waals surface area contributed by atoms with Gasteiger partial charge in [0.15, 0.2) is 0 Å². The molecule has 0 unspecified atom stereocenters. The van der Waals surface area contributed by atoms with Crippen molar-refractivity contribution in [3.05, 3.63) is 60.0 Å². The van der Waals surface area contributed by atoms with Gasteiger partial charge in [0.2, 0.25) is 0 Å². The molecular formula is C17H20FN3. The second-order valence-corrected chi connectivity index (χ2v) is 5.41. The quantitative estimate of drug-likeness (QED) is 0.864. The number of hydrogen-bond acceptors (Lipinski definition) is 3. The maximum Gasteiger partial charge on any atom is 0.128 e. The van der Waals surface area contributed by atoms with E-state index in [0.29, 0.717) is 0 Å². The predicted octanol–water partition coefficient (Wildman–Crippen LogP) is 3.10. The molecule has 3 nitrogen and oxygen atoms in total. The van der Waals surface area contributed by atoms with E-state index in [-0.39, 0.29) is 11.9 Å². The molecule has 1 aliphatic heterocycles. The van der Waals surface area contributed by atoms with Crippen LogP contribution < -0.4 is 4.90 Å². The minimum absolute atomic E-state index is 0.108. The van der Waals surface area contributed by atoms with Gasteiger partial charge in [-0.15, -0.1) is 0 Å². The monoisotopic (exact) mass is 285 g/mol. The van der Waals surface area contributed by atoms with E-state index in [1.807, 2.05) is 36.5 Å². The average molecular weight is 285 g/mol. The molecule has 0 radical (unpaired) electrons. The molecule has 1 atom stereocenters. The van der Waals surface area contributed by atoms with Crippen LogP contribution in [0.15, 0.2) is 48.7 Å². The summed E-state index contributed by atoms with van der Waals surface area (Å²) in [6.45, 7) is 5.78. The summed E-state index contributed by atoms with van der Waals surface area (Å²) in [6, 6.07) is 13.1. The zero-order valence-corrected chi connectivity index (χ0v) is 12.2. The highest BCUT2D eigenvalue weighted by atomic mass is 19.1. The number of piperazine rings is 1. The van der Waals surface area contributed by atoms with Gasteiger partial charge in [-0.1, -0.05) is 24.3 Å². The number of hydrogen-bond donors (Lipinski definition) is 0. The number of halogens is 1. The van der Waals surface area contributed by atoms with Crippen molar-refractivity contribution in [2.24, 2.45) is 0 Å². The molecule has 0 aliphatic carbocycles. The first-order valence-electron chi connectivity index (χ1n) is 7.40. The van der Waals surface area contributed by atoms with Gasteiger partial charge >= 0.3 is 0 Å². The highest BCUT2D eigenvalue weighted by molar-refractivity contribution is 5.38. The Morgan fingerprint density at radius 1 is 1.00 bits per heavy atom. The lowest BCUT2D eigenvalue weighted by Crippen LogP contribution is -2.47. The van der Waals surface area contributed by atoms with Gasteiger partial charge < -0.3 is 4.90 Å². The van der Waals surface area contributed by atoms with Crippen LogP contribution in [0.4, 0.5) is 10.2 Å². The van der Waals surface area contributed by atoms with Gasteiger partial charge in [-0.2, -0.15) is 0 Å². The smallest absolute Gasteiger partial charge is 0.128 e. The van der Waals surface area contributed by atoms with E-state index in [2.05, 4.69) is 21.7 Å². The Bertz CT molecular complexity index is 580. The van der Waals surface area contributed by atoms with E-state index < -0.39 is 0 Å². The van der Waals surface area contributed by atoms with Gasteiger partial charge in [0.25, 0.3) is 0 Å². The van der Waals surface area contributed by atoms with E-state index in [1.54, 1.807) is 6.07 Å². The first-order valence-corrected chi connectivity index (χ1v) is 7.40. The third-order valence-electron chi connectivity index (χ3n) is 4.19. The average Bonchev–Trinajstić information content (AvgIpc) is 2.56. The fourth-order valence-corrected chi connectivity index (χ4v) is 2.89. The van der Waals surface area contributed by atoms with Gasteiger partial charge in [0.1, 0.15) is 11.6 Å². The summed E-state index contributed by atoms with van der Waals surface area (Å²) in [7, 11) is 0. The van der Waals surface area contributed by atoms with Crippen molar-refractivity contribution < 1.29 is 4.39 Å². The van der Waals surface area contributed by atoms with E-state index in [4.69, 9.17) is 0 Å². The fraction of sp³-hybridized carbons (Fsp3) is 0.353. The number of nitrogens with zero attached hydrogens (tertiary/aromatic N) is 3. The Morgan fingerprint density at radius 3 is 2.38 bits per heavy atom. The van der Waals surface area contributed by atoms with E-state index in [1.165, 1.54) is 6.07 Å². The lowest BCUT2D eigenvalue weighted by molar-refractivity contribution is 0.195. The van der Waals surface area contributed by atoms with Crippen molar-refractivity contribution in [3.63, 3.8) is 0 Å². The molecule has 1 aromatic heterocycles. The fourth-order valence-electron chi connectivity index (χ4n) is 2.89. The minimum Gasteiger partial charge on any atom is -0.354 e. The van der Waals surface area contributed by atoms with Crippen LogP contribution in [0.25, 0.3) is 0 Å². The molecule has 1 fully saturated rings. The molecule has 2 heterocycles. The topological polar surface area (TPSA) is 19.4 Å². The summed E-state index contributed by atoms with van der Waals surface area (Å²) < 4.78 is 13.9. The van der Waals surface area contributed by atoms with Crippen LogP contribution >= 0.6 is 0 Å². The summed E-state index contributed by atoms with van der Waals surface area (Å²) >= 11 is 0. The second kappa shape index (κ2) is 6.22. The first-order chi connectivity index (χ1) is 10.3. The summed E-state index contributed by atoms with van der Waals surface area (Å²) in [5, 5.41) is 0. The Balaban J connectivity index is 1.65. The van der Waals surface area contributed by atoms with Crippen LogP contribution in [-0.2, 0) is 0 Å². The molecule has 3 rings (SSSR count). The minimum atomic E-state index is -0.114. The van der Waals surface area contributed by atoms with Gasteiger partial charge in [-0.3, -0.25) is 4.90 Å². The van der Waals surface area contributed by atoms with Gasteiger partial charge in [0.05, 0.1) is 0 Å². The molecule has 1 aromatic carbocycles. The van der Waals surface area contributed by atoms with Crippen molar-refractivity contribution >= 4 is 5.82 Å². The van der Waals surface area contributed by atoms with E-state index in [9.17, 15) is 4.39 Å². The van der Waals surface area contributed by atoms with Gasteiger partial charge in [0, 0.05) is 44.0 Å². The van der Waals surface area contributed by atoms with Crippen molar-refractivity contribution in [2.75, 3.05) is 31.1 Å². The van der Waals surface area contributed by atoms with Crippen LogP contribution in [0, 0.1) is 5.82 Å².